The van der Waals surface area contributed by atoms with Crippen LogP contribution in [0.3, 0.4) is 0 Å². The lowest BCUT2D eigenvalue weighted by Gasteiger charge is -2.05. The Morgan fingerprint density at radius 3 is 2.87 bits per heavy atom. The molecule has 4 nitrogen and oxygen atoms in total. The number of carbonyl (C=O) groups is 1. The molecular formula is C10H14BNO3. The third-order valence-electron chi connectivity index (χ3n) is 2.07. The maximum absolute atomic E-state index is 10.5. The standard InChI is InChI=1S/C10H14BNO3/c1-11(15)12-5-4-8-2-3-10(14)9(6-8)7-13/h2-3,6-7,12,14-15H,4-5H2,1H3. The van der Waals surface area contributed by atoms with Gasteiger partial charge in [-0.15, -0.1) is 0 Å². The van der Waals surface area contributed by atoms with Crippen molar-refractivity contribution in [2.45, 2.75) is 13.2 Å². The Kier molecular flexibility index (Phi) is 4.33. The second-order valence-electron chi connectivity index (χ2n) is 3.39. The average molecular weight is 207 g/mol. The van der Waals surface area contributed by atoms with Gasteiger partial charge in [0.05, 0.1) is 5.56 Å². The van der Waals surface area contributed by atoms with Crippen LogP contribution >= 0.6 is 0 Å². The van der Waals surface area contributed by atoms with Gasteiger partial charge in [0.25, 0.3) is 0 Å². The number of phenols is 1. The molecule has 5 heteroatoms. The number of phenolic OH excluding ortho intramolecular Hbond substituents is 1. The summed E-state index contributed by atoms with van der Waals surface area (Å²) in [5, 5.41) is 21.1. The van der Waals surface area contributed by atoms with E-state index in [4.69, 9.17) is 5.02 Å². The maximum Gasteiger partial charge on any atom is 0.373 e. The third kappa shape index (κ3) is 3.73. The molecule has 3 N–H and O–H groups in total. The van der Waals surface area contributed by atoms with Crippen LogP contribution in [0.25, 0.3) is 0 Å². The number of carbonyl (C=O) groups excluding carboxylic acids is 1. The molecule has 1 aromatic rings. The number of rotatable bonds is 5. The Morgan fingerprint density at radius 2 is 2.27 bits per heavy atom. The highest BCUT2D eigenvalue weighted by molar-refractivity contribution is 6.45. The Balaban J connectivity index is 2.58. The minimum atomic E-state index is -0.535. The fraction of sp³-hybridized carbons (Fsp3) is 0.300. The summed E-state index contributed by atoms with van der Waals surface area (Å²) < 4.78 is 0. The van der Waals surface area contributed by atoms with Crippen molar-refractivity contribution >= 4 is 13.3 Å². The van der Waals surface area contributed by atoms with Crippen molar-refractivity contribution in [1.29, 1.82) is 0 Å². The summed E-state index contributed by atoms with van der Waals surface area (Å²) in [6.07, 6.45) is 1.33. The van der Waals surface area contributed by atoms with Gasteiger partial charge in [-0.05, 0) is 37.5 Å². The fourth-order valence-electron chi connectivity index (χ4n) is 1.28. The summed E-state index contributed by atoms with van der Waals surface area (Å²) in [5.74, 6) is -0.00256. The first-order valence-electron chi connectivity index (χ1n) is 4.82. The van der Waals surface area contributed by atoms with Gasteiger partial charge in [0.1, 0.15) is 5.75 Å². The topological polar surface area (TPSA) is 69.6 Å². The molecule has 0 radical (unpaired) electrons. The van der Waals surface area contributed by atoms with E-state index in [1.165, 1.54) is 6.07 Å². The number of nitrogens with one attached hydrogen (secondary N) is 1. The smallest absolute Gasteiger partial charge is 0.373 e. The molecule has 0 spiro atoms. The van der Waals surface area contributed by atoms with Crippen LogP contribution < -0.4 is 5.23 Å². The Hall–Kier alpha value is -1.33. The van der Waals surface area contributed by atoms with Gasteiger partial charge in [0.15, 0.2) is 6.29 Å². The quantitative estimate of drug-likeness (QED) is 0.484. The van der Waals surface area contributed by atoms with E-state index >= 15 is 0 Å². The lowest BCUT2D eigenvalue weighted by molar-refractivity contribution is 0.112. The van der Waals surface area contributed by atoms with E-state index in [1.54, 1.807) is 19.0 Å². The second-order valence-corrected chi connectivity index (χ2v) is 3.39. The molecule has 80 valence electrons. The molecule has 1 rings (SSSR count). The summed E-state index contributed by atoms with van der Waals surface area (Å²) in [5.41, 5.74) is 1.24. The third-order valence-corrected chi connectivity index (χ3v) is 2.07. The summed E-state index contributed by atoms with van der Waals surface area (Å²) >= 11 is 0. The van der Waals surface area contributed by atoms with Gasteiger partial charge in [-0.25, -0.2) is 0 Å². The average Bonchev–Trinajstić information content (AvgIpc) is 2.20. The lowest BCUT2D eigenvalue weighted by atomic mass is 9.88. The molecule has 0 aliphatic carbocycles. The molecule has 0 atom stereocenters. The Morgan fingerprint density at radius 1 is 1.53 bits per heavy atom. The SMILES string of the molecule is CB(O)NCCc1ccc(O)c(C=O)c1. The van der Waals surface area contributed by atoms with Crippen molar-refractivity contribution in [3.63, 3.8) is 0 Å². The van der Waals surface area contributed by atoms with Crippen molar-refractivity contribution in [2.75, 3.05) is 6.54 Å². The molecule has 0 amide bonds. The normalized spacial score (nSPS) is 10.0. The zero-order valence-corrected chi connectivity index (χ0v) is 8.60. The van der Waals surface area contributed by atoms with Crippen LogP contribution in [0.5, 0.6) is 5.75 Å². The molecule has 0 bridgehead atoms. The van der Waals surface area contributed by atoms with Gasteiger partial charge >= 0.3 is 7.05 Å². The van der Waals surface area contributed by atoms with Gasteiger partial charge < -0.3 is 15.4 Å². The van der Waals surface area contributed by atoms with Crippen molar-refractivity contribution < 1.29 is 14.9 Å². The largest absolute Gasteiger partial charge is 0.507 e. The number of aromatic hydroxyl groups is 1. The fourth-order valence-corrected chi connectivity index (χ4v) is 1.28. The minimum absolute atomic E-state index is 0.00256. The molecule has 0 aliphatic rings. The molecule has 0 unspecified atom stereocenters. The van der Waals surface area contributed by atoms with Crippen LogP contribution in [-0.4, -0.2) is 30.0 Å². The predicted molar refractivity (Wildman–Crippen MR) is 59.0 cm³/mol. The van der Waals surface area contributed by atoms with Crippen LogP contribution in [0.15, 0.2) is 18.2 Å². The van der Waals surface area contributed by atoms with Crippen molar-refractivity contribution in [1.82, 2.24) is 5.23 Å². The van der Waals surface area contributed by atoms with Gasteiger partial charge in [0, 0.05) is 0 Å². The van der Waals surface area contributed by atoms with E-state index in [1.807, 2.05) is 0 Å². The van der Waals surface area contributed by atoms with Gasteiger partial charge in [-0.3, -0.25) is 4.79 Å². The van der Waals surface area contributed by atoms with Crippen LogP contribution in [0, 0.1) is 0 Å². The first-order valence-corrected chi connectivity index (χ1v) is 4.82. The van der Waals surface area contributed by atoms with E-state index in [0.29, 0.717) is 24.8 Å². The summed E-state index contributed by atoms with van der Waals surface area (Å²) in [6.45, 7) is 2.27. The van der Waals surface area contributed by atoms with Gasteiger partial charge in [-0.1, -0.05) is 6.07 Å². The first-order chi connectivity index (χ1) is 7.13. The monoisotopic (exact) mass is 207 g/mol. The Bertz CT molecular complexity index is 341. The van der Waals surface area contributed by atoms with E-state index < -0.39 is 7.05 Å². The van der Waals surface area contributed by atoms with E-state index in [-0.39, 0.29) is 5.75 Å². The minimum Gasteiger partial charge on any atom is -0.507 e. The van der Waals surface area contributed by atoms with Crippen LogP contribution in [-0.2, 0) is 6.42 Å². The van der Waals surface area contributed by atoms with E-state index in [0.717, 1.165) is 5.56 Å². The maximum atomic E-state index is 10.5. The molecule has 0 aliphatic heterocycles. The van der Waals surface area contributed by atoms with Crippen molar-refractivity contribution in [3.05, 3.63) is 29.3 Å². The summed E-state index contributed by atoms with van der Waals surface area (Å²) in [7, 11) is -0.535. The molecule has 0 saturated carbocycles. The lowest BCUT2D eigenvalue weighted by Crippen LogP contribution is -2.32. The highest BCUT2D eigenvalue weighted by Gasteiger charge is 2.03. The molecule has 0 heterocycles. The number of aldehydes is 1. The molecule has 1 aromatic carbocycles. The van der Waals surface area contributed by atoms with Crippen molar-refractivity contribution in [2.24, 2.45) is 0 Å². The van der Waals surface area contributed by atoms with Crippen LogP contribution in [0.4, 0.5) is 0 Å². The predicted octanol–water partition coefficient (Wildman–Crippen LogP) is 0.447. The highest BCUT2D eigenvalue weighted by atomic mass is 16.3. The van der Waals surface area contributed by atoms with Crippen LogP contribution in [0.2, 0.25) is 6.82 Å². The second kappa shape index (κ2) is 5.53. The highest BCUT2D eigenvalue weighted by Crippen LogP contribution is 2.16. The zero-order valence-electron chi connectivity index (χ0n) is 8.60. The van der Waals surface area contributed by atoms with E-state index in [9.17, 15) is 9.90 Å². The molecule has 0 fully saturated rings. The summed E-state index contributed by atoms with van der Waals surface area (Å²) in [4.78, 5) is 10.5. The molecule has 0 aromatic heterocycles. The number of hydrogen-bond acceptors (Lipinski definition) is 4. The number of benzene rings is 1. The first kappa shape index (κ1) is 11.7. The van der Waals surface area contributed by atoms with Crippen LogP contribution in [0.1, 0.15) is 15.9 Å². The number of hydrogen-bond donors (Lipinski definition) is 3. The molecule has 0 saturated heterocycles. The summed E-state index contributed by atoms with van der Waals surface area (Å²) in [6, 6.07) is 4.90. The van der Waals surface area contributed by atoms with Gasteiger partial charge in [0.2, 0.25) is 0 Å². The molecule has 15 heavy (non-hydrogen) atoms. The Labute approximate surface area is 89.1 Å². The molecular weight excluding hydrogens is 193 g/mol. The van der Waals surface area contributed by atoms with E-state index in [2.05, 4.69) is 5.23 Å². The zero-order chi connectivity index (χ0) is 11.3. The van der Waals surface area contributed by atoms with Gasteiger partial charge in [-0.2, -0.15) is 0 Å². The van der Waals surface area contributed by atoms with Crippen molar-refractivity contribution in [3.8, 4) is 5.75 Å².